The SMILES string of the molecule is C=Cc1ccc2c(Cl)cc(-c3cccc(CN(C)C)c3)nc2c1. The summed E-state index contributed by atoms with van der Waals surface area (Å²) < 4.78 is 0. The predicted molar refractivity (Wildman–Crippen MR) is 99.7 cm³/mol. The lowest BCUT2D eigenvalue weighted by molar-refractivity contribution is 0.402. The molecule has 1 heterocycles. The van der Waals surface area contributed by atoms with Gasteiger partial charge in [-0.25, -0.2) is 4.98 Å². The van der Waals surface area contributed by atoms with Gasteiger partial charge in [-0.1, -0.05) is 54.6 Å². The molecule has 2 aromatic carbocycles. The number of fused-ring (bicyclic) bond motifs is 1. The summed E-state index contributed by atoms with van der Waals surface area (Å²) in [6.45, 7) is 4.71. The number of nitrogens with zero attached hydrogens (tertiary/aromatic N) is 2. The first-order chi connectivity index (χ1) is 11.1. The molecule has 0 radical (unpaired) electrons. The summed E-state index contributed by atoms with van der Waals surface area (Å²) in [6, 6.07) is 16.4. The zero-order chi connectivity index (χ0) is 16.4. The van der Waals surface area contributed by atoms with Crippen molar-refractivity contribution < 1.29 is 0 Å². The largest absolute Gasteiger partial charge is 0.305 e. The molecule has 0 N–H and O–H groups in total. The highest BCUT2D eigenvalue weighted by atomic mass is 35.5. The van der Waals surface area contributed by atoms with Crippen LogP contribution in [0.2, 0.25) is 5.02 Å². The number of hydrogen-bond acceptors (Lipinski definition) is 2. The first-order valence-corrected chi connectivity index (χ1v) is 7.91. The molecule has 2 nitrogen and oxygen atoms in total. The second-order valence-electron chi connectivity index (χ2n) is 5.91. The van der Waals surface area contributed by atoms with Gasteiger partial charge in [0.2, 0.25) is 0 Å². The van der Waals surface area contributed by atoms with Crippen LogP contribution in [0.3, 0.4) is 0 Å². The van der Waals surface area contributed by atoms with Crippen LogP contribution in [0.5, 0.6) is 0 Å². The molecule has 0 unspecified atom stereocenters. The molecular weight excluding hydrogens is 304 g/mol. The van der Waals surface area contributed by atoms with Crippen molar-refractivity contribution in [2.24, 2.45) is 0 Å². The number of pyridine rings is 1. The molecule has 0 amide bonds. The standard InChI is InChI=1S/C20H19ClN2/c1-4-14-8-9-17-18(21)12-19(22-20(17)11-14)16-7-5-6-15(10-16)13-23(2)3/h4-12H,1,13H2,2-3H3. The molecule has 3 aromatic rings. The Morgan fingerprint density at radius 3 is 2.70 bits per heavy atom. The Labute approximate surface area is 142 Å². The second-order valence-corrected chi connectivity index (χ2v) is 6.32. The maximum absolute atomic E-state index is 6.46. The van der Waals surface area contributed by atoms with Crippen molar-refractivity contribution in [2.45, 2.75) is 6.54 Å². The smallest absolute Gasteiger partial charge is 0.0730 e. The minimum absolute atomic E-state index is 0.721. The fourth-order valence-electron chi connectivity index (χ4n) is 2.67. The van der Waals surface area contributed by atoms with Gasteiger partial charge in [0.25, 0.3) is 0 Å². The van der Waals surface area contributed by atoms with Crippen LogP contribution in [0.25, 0.3) is 28.2 Å². The summed E-state index contributed by atoms with van der Waals surface area (Å²) in [5, 5.41) is 1.68. The molecule has 0 bridgehead atoms. The van der Waals surface area contributed by atoms with Gasteiger partial charge in [0.05, 0.1) is 16.2 Å². The first kappa shape index (κ1) is 15.7. The molecule has 23 heavy (non-hydrogen) atoms. The first-order valence-electron chi connectivity index (χ1n) is 7.53. The van der Waals surface area contributed by atoms with Crippen molar-refractivity contribution >= 4 is 28.6 Å². The monoisotopic (exact) mass is 322 g/mol. The Kier molecular flexibility index (Phi) is 4.46. The molecule has 0 spiro atoms. The second kappa shape index (κ2) is 6.53. The van der Waals surface area contributed by atoms with Gasteiger partial charge in [0.15, 0.2) is 0 Å². The highest BCUT2D eigenvalue weighted by Crippen LogP contribution is 2.29. The molecule has 0 saturated heterocycles. The average Bonchev–Trinajstić information content (AvgIpc) is 2.53. The Hall–Kier alpha value is -2.16. The van der Waals surface area contributed by atoms with E-state index in [0.717, 1.165) is 39.3 Å². The lowest BCUT2D eigenvalue weighted by Crippen LogP contribution is -2.10. The fourth-order valence-corrected chi connectivity index (χ4v) is 2.94. The highest BCUT2D eigenvalue weighted by molar-refractivity contribution is 6.35. The Bertz CT molecular complexity index is 869. The van der Waals surface area contributed by atoms with Crippen LogP contribution >= 0.6 is 11.6 Å². The van der Waals surface area contributed by atoms with Crippen LogP contribution in [-0.2, 0) is 6.54 Å². The molecule has 3 rings (SSSR count). The summed E-state index contributed by atoms with van der Waals surface area (Å²) in [6.07, 6.45) is 1.82. The van der Waals surface area contributed by atoms with Crippen LogP contribution < -0.4 is 0 Å². The summed E-state index contributed by atoms with van der Waals surface area (Å²) >= 11 is 6.46. The number of halogens is 1. The summed E-state index contributed by atoms with van der Waals surface area (Å²) in [4.78, 5) is 6.94. The zero-order valence-electron chi connectivity index (χ0n) is 13.4. The Morgan fingerprint density at radius 2 is 1.96 bits per heavy atom. The van der Waals surface area contributed by atoms with Gasteiger partial charge in [-0.15, -0.1) is 0 Å². The molecule has 0 aliphatic rings. The number of hydrogen-bond donors (Lipinski definition) is 0. The number of aromatic nitrogens is 1. The number of rotatable bonds is 4. The normalized spacial score (nSPS) is 11.1. The molecule has 1 aromatic heterocycles. The van der Waals surface area contributed by atoms with Crippen molar-refractivity contribution in [2.75, 3.05) is 14.1 Å². The molecule has 116 valence electrons. The lowest BCUT2D eigenvalue weighted by Gasteiger charge is -2.11. The topological polar surface area (TPSA) is 16.1 Å². The molecule has 3 heteroatoms. The third kappa shape index (κ3) is 3.44. The zero-order valence-corrected chi connectivity index (χ0v) is 14.1. The lowest BCUT2D eigenvalue weighted by atomic mass is 10.1. The van der Waals surface area contributed by atoms with Crippen LogP contribution in [0.1, 0.15) is 11.1 Å². The molecular formula is C20H19ClN2. The Balaban J connectivity index is 2.10. The van der Waals surface area contributed by atoms with E-state index < -0.39 is 0 Å². The maximum atomic E-state index is 6.46. The molecule has 0 saturated carbocycles. The summed E-state index contributed by atoms with van der Waals surface area (Å²) in [5.74, 6) is 0. The van der Waals surface area contributed by atoms with E-state index in [0.29, 0.717) is 0 Å². The van der Waals surface area contributed by atoms with E-state index in [9.17, 15) is 0 Å². The quantitative estimate of drug-likeness (QED) is 0.651. The molecule has 0 fully saturated rings. The van der Waals surface area contributed by atoms with E-state index in [1.54, 1.807) is 0 Å². The van der Waals surface area contributed by atoms with Gasteiger partial charge in [-0.3, -0.25) is 0 Å². The van der Waals surface area contributed by atoms with E-state index in [2.05, 4.69) is 49.8 Å². The van der Waals surface area contributed by atoms with E-state index in [4.69, 9.17) is 16.6 Å². The minimum Gasteiger partial charge on any atom is -0.305 e. The molecule has 0 aliphatic heterocycles. The van der Waals surface area contributed by atoms with E-state index in [1.165, 1.54) is 5.56 Å². The fraction of sp³-hybridized carbons (Fsp3) is 0.150. The van der Waals surface area contributed by atoms with Gasteiger partial charge in [0.1, 0.15) is 0 Å². The van der Waals surface area contributed by atoms with Crippen molar-refractivity contribution in [3.05, 3.63) is 71.3 Å². The van der Waals surface area contributed by atoms with E-state index >= 15 is 0 Å². The van der Waals surface area contributed by atoms with Gasteiger partial charge in [-0.05, 0) is 43.4 Å². The Morgan fingerprint density at radius 1 is 1.13 bits per heavy atom. The minimum atomic E-state index is 0.721. The van der Waals surface area contributed by atoms with Gasteiger partial charge in [0, 0.05) is 17.5 Å². The average molecular weight is 323 g/mol. The number of benzene rings is 2. The van der Waals surface area contributed by atoms with E-state index in [-0.39, 0.29) is 0 Å². The molecule has 0 aliphatic carbocycles. The van der Waals surface area contributed by atoms with Crippen molar-refractivity contribution in [1.29, 1.82) is 0 Å². The van der Waals surface area contributed by atoms with Crippen LogP contribution in [0, 0.1) is 0 Å². The summed E-state index contributed by atoms with van der Waals surface area (Å²) in [5.41, 5.74) is 5.16. The van der Waals surface area contributed by atoms with Crippen LogP contribution in [0.4, 0.5) is 0 Å². The van der Waals surface area contributed by atoms with Gasteiger partial charge in [-0.2, -0.15) is 0 Å². The van der Waals surface area contributed by atoms with Crippen LogP contribution in [0.15, 0.2) is 55.1 Å². The van der Waals surface area contributed by atoms with Crippen LogP contribution in [-0.4, -0.2) is 24.0 Å². The maximum Gasteiger partial charge on any atom is 0.0730 e. The van der Waals surface area contributed by atoms with Gasteiger partial charge < -0.3 is 4.90 Å². The molecule has 0 atom stereocenters. The van der Waals surface area contributed by atoms with Crippen molar-refractivity contribution in [3.63, 3.8) is 0 Å². The van der Waals surface area contributed by atoms with E-state index in [1.807, 2.05) is 30.3 Å². The van der Waals surface area contributed by atoms with Crippen molar-refractivity contribution in [1.82, 2.24) is 9.88 Å². The highest BCUT2D eigenvalue weighted by Gasteiger charge is 2.07. The van der Waals surface area contributed by atoms with Crippen molar-refractivity contribution in [3.8, 4) is 11.3 Å². The third-order valence-corrected chi connectivity index (χ3v) is 4.05. The summed E-state index contributed by atoms with van der Waals surface area (Å²) in [7, 11) is 4.13. The predicted octanol–water partition coefficient (Wildman–Crippen LogP) is 5.26. The van der Waals surface area contributed by atoms with Gasteiger partial charge >= 0.3 is 0 Å². The third-order valence-electron chi connectivity index (χ3n) is 3.74.